The third-order valence-corrected chi connectivity index (χ3v) is 2.67. The molecule has 0 fully saturated rings. The molecule has 4 nitrogen and oxygen atoms in total. The van der Waals surface area contributed by atoms with Crippen LogP contribution in [0.1, 0.15) is 36.5 Å². The van der Waals surface area contributed by atoms with Gasteiger partial charge >= 0.3 is 5.97 Å². The SMILES string of the molecule is CCOC(=O)C(N)CCCC(=O)c1ccc(F)cc1. The standard InChI is InChI=1S/C14H18FNO3/c1-2-19-14(18)12(16)4-3-5-13(17)10-6-8-11(15)9-7-10/h6-9,12H,2-5,16H2,1H3. The highest BCUT2D eigenvalue weighted by atomic mass is 19.1. The van der Waals surface area contributed by atoms with Gasteiger partial charge in [0, 0.05) is 12.0 Å². The van der Waals surface area contributed by atoms with E-state index in [0.29, 0.717) is 25.0 Å². The minimum absolute atomic E-state index is 0.0870. The zero-order valence-corrected chi connectivity index (χ0v) is 10.9. The lowest BCUT2D eigenvalue weighted by Gasteiger charge is -2.09. The summed E-state index contributed by atoms with van der Waals surface area (Å²) < 4.78 is 17.5. The molecule has 0 spiro atoms. The second-order valence-corrected chi connectivity index (χ2v) is 4.18. The van der Waals surface area contributed by atoms with Crippen LogP contribution in [0.15, 0.2) is 24.3 Å². The third-order valence-electron chi connectivity index (χ3n) is 2.67. The Hall–Kier alpha value is -1.75. The Morgan fingerprint density at radius 2 is 1.95 bits per heavy atom. The molecule has 0 aliphatic heterocycles. The zero-order valence-electron chi connectivity index (χ0n) is 10.9. The quantitative estimate of drug-likeness (QED) is 0.606. The van der Waals surface area contributed by atoms with Crippen molar-refractivity contribution in [1.29, 1.82) is 0 Å². The van der Waals surface area contributed by atoms with Crippen molar-refractivity contribution in [1.82, 2.24) is 0 Å². The van der Waals surface area contributed by atoms with Gasteiger partial charge in [-0.2, -0.15) is 0 Å². The lowest BCUT2D eigenvalue weighted by molar-refractivity contribution is -0.144. The smallest absolute Gasteiger partial charge is 0.322 e. The Bertz CT molecular complexity index is 431. The van der Waals surface area contributed by atoms with Crippen LogP contribution in [0.2, 0.25) is 0 Å². The van der Waals surface area contributed by atoms with Crippen molar-refractivity contribution in [3.8, 4) is 0 Å². The van der Waals surface area contributed by atoms with Crippen molar-refractivity contribution < 1.29 is 18.7 Å². The van der Waals surface area contributed by atoms with Crippen LogP contribution >= 0.6 is 0 Å². The minimum Gasteiger partial charge on any atom is -0.465 e. The monoisotopic (exact) mass is 267 g/mol. The molecule has 0 heterocycles. The van der Waals surface area contributed by atoms with Crippen molar-refractivity contribution in [2.45, 2.75) is 32.2 Å². The van der Waals surface area contributed by atoms with Gasteiger partial charge in [-0.15, -0.1) is 0 Å². The number of hydrogen-bond acceptors (Lipinski definition) is 4. The summed E-state index contributed by atoms with van der Waals surface area (Å²) in [5, 5.41) is 0. The summed E-state index contributed by atoms with van der Waals surface area (Å²) in [6.07, 6.45) is 1.17. The predicted molar refractivity (Wildman–Crippen MR) is 69.2 cm³/mol. The van der Waals surface area contributed by atoms with Gasteiger partial charge in [0.05, 0.1) is 6.61 Å². The molecule has 1 rings (SSSR count). The van der Waals surface area contributed by atoms with E-state index >= 15 is 0 Å². The van der Waals surface area contributed by atoms with Crippen LogP contribution in [-0.4, -0.2) is 24.4 Å². The fourth-order valence-electron chi connectivity index (χ4n) is 1.63. The molecule has 0 amide bonds. The van der Waals surface area contributed by atoms with Gasteiger partial charge < -0.3 is 10.5 Å². The van der Waals surface area contributed by atoms with Crippen molar-refractivity contribution in [3.63, 3.8) is 0 Å². The van der Waals surface area contributed by atoms with Crippen LogP contribution in [0, 0.1) is 5.82 Å². The van der Waals surface area contributed by atoms with Gasteiger partial charge in [0.15, 0.2) is 5.78 Å². The second kappa shape index (κ2) is 7.63. The Kier molecular flexibility index (Phi) is 6.15. The molecule has 0 bridgehead atoms. The number of Topliss-reactive ketones (excluding diaryl/α,β-unsaturated/α-hetero) is 1. The molecule has 0 saturated carbocycles. The molecule has 2 N–H and O–H groups in total. The summed E-state index contributed by atoms with van der Waals surface area (Å²) in [5.41, 5.74) is 6.08. The first kappa shape index (κ1) is 15.3. The maximum atomic E-state index is 12.7. The summed E-state index contributed by atoms with van der Waals surface area (Å²) >= 11 is 0. The van der Waals surface area contributed by atoms with Gasteiger partial charge in [0.25, 0.3) is 0 Å². The lowest BCUT2D eigenvalue weighted by Crippen LogP contribution is -2.32. The lowest BCUT2D eigenvalue weighted by atomic mass is 10.0. The molecule has 104 valence electrons. The van der Waals surface area contributed by atoms with Gasteiger partial charge in [-0.05, 0) is 44.0 Å². The van der Waals surface area contributed by atoms with E-state index in [9.17, 15) is 14.0 Å². The Labute approximate surface area is 111 Å². The van der Waals surface area contributed by atoms with Crippen molar-refractivity contribution >= 4 is 11.8 Å². The fourth-order valence-corrected chi connectivity index (χ4v) is 1.63. The molecular weight excluding hydrogens is 249 g/mol. The second-order valence-electron chi connectivity index (χ2n) is 4.18. The van der Waals surface area contributed by atoms with Gasteiger partial charge in [-0.1, -0.05) is 0 Å². The van der Waals surface area contributed by atoms with E-state index in [2.05, 4.69) is 0 Å². The molecule has 5 heteroatoms. The molecule has 1 aromatic rings. The summed E-state index contributed by atoms with van der Waals surface area (Å²) in [7, 11) is 0. The minimum atomic E-state index is -0.694. The van der Waals surface area contributed by atoms with E-state index in [1.165, 1.54) is 24.3 Å². The molecule has 0 saturated heterocycles. The number of benzene rings is 1. The largest absolute Gasteiger partial charge is 0.465 e. The number of halogens is 1. The van der Waals surface area contributed by atoms with E-state index < -0.39 is 12.0 Å². The van der Waals surface area contributed by atoms with Crippen LogP contribution in [-0.2, 0) is 9.53 Å². The van der Waals surface area contributed by atoms with Crippen LogP contribution in [0.3, 0.4) is 0 Å². The predicted octanol–water partition coefficient (Wildman–Crippen LogP) is 2.07. The average molecular weight is 267 g/mol. The number of rotatable bonds is 7. The first-order chi connectivity index (χ1) is 9.04. The highest BCUT2D eigenvalue weighted by Gasteiger charge is 2.15. The highest BCUT2D eigenvalue weighted by Crippen LogP contribution is 2.09. The number of ketones is 1. The Morgan fingerprint density at radius 3 is 2.53 bits per heavy atom. The topological polar surface area (TPSA) is 69.4 Å². The molecule has 1 atom stereocenters. The zero-order chi connectivity index (χ0) is 14.3. The Morgan fingerprint density at radius 1 is 1.32 bits per heavy atom. The molecule has 0 radical (unpaired) electrons. The van der Waals surface area contributed by atoms with Crippen molar-refractivity contribution in [2.24, 2.45) is 5.73 Å². The normalized spacial score (nSPS) is 11.9. The van der Waals surface area contributed by atoms with Gasteiger partial charge in [-0.3, -0.25) is 9.59 Å². The molecule has 19 heavy (non-hydrogen) atoms. The van der Waals surface area contributed by atoms with E-state index in [0.717, 1.165) is 0 Å². The average Bonchev–Trinajstić information content (AvgIpc) is 2.39. The van der Waals surface area contributed by atoms with Crippen LogP contribution < -0.4 is 5.73 Å². The number of nitrogens with two attached hydrogens (primary N) is 1. The van der Waals surface area contributed by atoms with Crippen molar-refractivity contribution in [2.75, 3.05) is 6.61 Å². The molecule has 1 aromatic carbocycles. The summed E-state index contributed by atoms with van der Waals surface area (Å²) in [4.78, 5) is 23.0. The number of carbonyl (C=O) groups excluding carboxylic acids is 2. The first-order valence-corrected chi connectivity index (χ1v) is 6.25. The molecular formula is C14H18FNO3. The number of carbonyl (C=O) groups is 2. The maximum absolute atomic E-state index is 12.7. The number of ether oxygens (including phenoxy) is 1. The fraction of sp³-hybridized carbons (Fsp3) is 0.429. The van der Waals surface area contributed by atoms with Crippen LogP contribution in [0.25, 0.3) is 0 Å². The molecule has 0 aliphatic carbocycles. The van der Waals surface area contributed by atoms with Crippen molar-refractivity contribution in [3.05, 3.63) is 35.6 Å². The number of hydrogen-bond donors (Lipinski definition) is 1. The third kappa shape index (κ3) is 5.18. The summed E-state index contributed by atoms with van der Waals surface area (Å²) in [5.74, 6) is -0.909. The van der Waals surface area contributed by atoms with Crippen LogP contribution in [0.5, 0.6) is 0 Å². The Balaban J connectivity index is 2.35. The van der Waals surface area contributed by atoms with Gasteiger partial charge in [-0.25, -0.2) is 4.39 Å². The summed E-state index contributed by atoms with van der Waals surface area (Å²) in [6, 6.07) is 4.70. The maximum Gasteiger partial charge on any atom is 0.322 e. The summed E-state index contributed by atoms with van der Waals surface area (Å²) in [6.45, 7) is 2.00. The number of esters is 1. The van der Waals surface area contributed by atoms with E-state index in [1.807, 2.05) is 0 Å². The van der Waals surface area contributed by atoms with E-state index in [4.69, 9.17) is 10.5 Å². The highest BCUT2D eigenvalue weighted by molar-refractivity contribution is 5.96. The first-order valence-electron chi connectivity index (χ1n) is 6.25. The van der Waals surface area contributed by atoms with Gasteiger partial charge in [0.2, 0.25) is 0 Å². The van der Waals surface area contributed by atoms with E-state index in [-0.39, 0.29) is 18.0 Å². The van der Waals surface area contributed by atoms with Gasteiger partial charge in [0.1, 0.15) is 11.9 Å². The molecule has 1 unspecified atom stereocenters. The molecule has 0 aromatic heterocycles. The van der Waals surface area contributed by atoms with Crippen LogP contribution in [0.4, 0.5) is 4.39 Å². The molecule has 0 aliphatic rings. The van der Waals surface area contributed by atoms with E-state index in [1.54, 1.807) is 6.92 Å².